The second-order valence-corrected chi connectivity index (χ2v) is 12.6. The van der Waals surface area contributed by atoms with Gasteiger partial charge < -0.3 is 10.2 Å². The minimum absolute atomic E-state index is 0.220. The lowest BCUT2D eigenvalue weighted by molar-refractivity contribution is -0.120. The van der Waals surface area contributed by atoms with Crippen molar-refractivity contribution in [3.05, 3.63) is 34.7 Å². The highest BCUT2D eigenvalue weighted by Gasteiger charge is 2.37. The fourth-order valence-corrected chi connectivity index (χ4v) is 6.92. The van der Waals surface area contributed by atoms with E-state index < -0.39 is 0 Å². The molecule has 1 saturated carbocycles. The third kappa shape index (κ3) is 4.77. The molecule has 33 heavy (non-hydrogen) atoms. The van der Waals surface area contributed by atoms with Crippen molar-refractivity contribution in [1.29, 1.82) is 0 Å². The van der Waals surface area contributed by atoms with Gasteiger partial charge in [0.15, 0.2) is 5.13 Å². The maximum atomic E-state index is 11.8. The summed E-state index contributed by atoms with van der Waals surface area (Å²) in [7, 11) is 0. The molecule has 5 rings (SSSR count). The summed E-state index contributed by atoms with van der Waals surface area (Å²) in [6.45, 7) is 11.6. The maximum Gasteiger partial charge on any atom is 0.185 e. The van der Waals surface area contributed by atoms with E-state index in [2.05, 4.69) is 61.5 Å². The van der Waals surface area contributed by atoms with Crippen LogP contribution < -0.4 is 10.2 Å². The first kappa shape index (κ1) is 23.0. The topological polar surface area (TPSA) is 45.2 Å². The molecule has 3 aliphatic rings. The van der Waals surface area contributed by atoms with Gasteiger partial charge in [-0.2, -0.15) is 0 Å². The number of fused-ring (bicyclic) bond motifs is 1. The third-order valence-electron chi connectivity index (χ3n) is 8.36. The Morgan fingerprint density at radius 2 is 1.73 bits per heavy atom. The molecule has 0 amide bonds. The Morgan fingerprint density at radius 3 is 2.45 bits per heavy atom. The van der Waals surface area contributed by atoms with Crippen LogP contribution in [0.25, 0.3) is 11.3 Å². The number of ketones is 1. The number of nitrogens with one attached hydrogen (secondary N) is 1. The van der Waals surface area contributed by atoms with Crippen LogP contribution in [0.3, 0.4) is 0 Å². The van der Waals surface area contributed by atoms with Crippen LogP contribution in [0.1, 0.15) is 90.2 Å². The predicted octanol–water partition coefficient (Wildman–Crippen LogP) is 6.23. The zero-order chi connectivity index (χ0) is 23.2. The molecule has 0 bridgehead atoms. The van der Waals surface area contributed by atoms with Gasteiger partial charge in [-0.1, -0.05) is 39.8 Å². The first-order valence-electron chi connectivity index (χ1n) is 12.8. The van der Waals surface area contributed by atoms with Crippen molar-refractivity contribution >= 4 is 22.3 Å². The van der Waals surface area contributed by atoms with Crippen LogP contribution in [-0.2, 0) is 15.6 Å². The standard InChI is InChI=1S/C28H39N3OS/c1-27(2)12-13-28(3,4)24-16-19(8-9-23(24)27)25-18-33-26(30-25)31-14-10-20(11-15-31)29-21-6-5-7-22(32)17-21/h8-9,16,18,20-21,29H,5-7,10-15,17H2,1-4H3. The maximum absolute atomic E-state index is 11.8. The summed E-state index contributed by atoms with van der Waals surface area (Å²) < 4.78 is 0. The molecule has 4 nitrogen and oxygen atoms in total. The molecule has 178 valence electrons. The van der Waals surface area contributed by atoms with Crippen LogP contribution in [0.2, 0.25) is 0 Å². The van der Waals surface area contributed by atoms with Crippen LogP contribution in [0.15, 0.2) is 23.6 Å². The monoisotopic (exact) mass is 465 g/mol. The Balaban J connectivity index is 1.25. The normalized spacial score (nSPS) is 25.2. The van der Waals surface area contributed by atoms with E-state index >= 15 is 0 Å². The molecule has 1 unspecified atom stereocenters. The second-order valence-electron chi connectivity index (χ2n) is 11.8. The first-order valence-corrected chi connectivity index (χ1v) is 13.7. The van der Waals surface area contributed by atoms with Crippen molar-refractivity contribution in [1.82, 2.24) is 10.3 Å². The number of thiazole rings is 1. The SMILES string of the molecule is CC1(C)CCC(C)(C)c2cc(-c3csc(N4CCC(NC5CCCC(=O)C5)CC4)n3)ccc21. The highest BCUT2D eigenvalue weighted by atomic mass is 32.1. The van der Waals surface area contributed by atoms with Crippen molar-refractivity contribution in [2.75, 3.05) is 18.0 Å². The van der Waals surface area contributed by atoms with Gasteiger partial charge in [0.25, 0.3) is 0 Å². The largest absolute Gasteiger partial charge is 0.348 e. The van der Waals surface area contributed by atoms with Crippen molar-refractivity contribution < 1.29 is 4.79 Å². The zero-order valence-corrected chi connectivity index (χ0v) is 21.6. The number of rotatable bonds is 4. The number of Topliss-reactive ketones (excluding diaryl/α,β-unsaturated/α-hetero) is 1. The number of hydrogen-bond acceptors (Lipinski definition) is 5. The van der Waals surface area contributed by atoms with E-state index in [-0.39, 0.29) is 10.8 Å². The molecule has 1 saturated heterocycles. The van der Waals surface area contributed by atoms with E-state index in [1.807, 2.05) is 0 Å². The highest BCUT2D eigenvalue weighted by Crippen LogP contribution is 2.47. The van der Waals surface area contributed by atoms with Gasteiger partial charge in [-0.15, -0.1) is 11.3 Å². The number of aromatic nitrogens is 1. The summed E-state index contributed by atoms with van der Waals surface area (Å²) in [6, 6.07) is 7.98. The number of carbonyl (C=O) groups excluding carboxylic acids is 1. The van der Waals surface area contributed by atoms with Gasteiger partial charge in [0.2, 0.25) is 0 Å². The van der Waals surface area contributed by atoms with Crippen LogP contribution in [0, 0.1) is 0 Å². The molecule has 2 fully saturated rings. The summed E-state index contributed by atoms with van der Waals surface area (Å²) in [5.41, 5.74) is 5.84. The van der Waals surface area contributed by atoms with E-state index in [0.29, 0.717) is 17.9 Å². The quantitative estimate of drug-likeness (QED) is 0.581. The van der Waals surface area contributed by atoms with Gasteiger partial charge >= 0.3 is 0 Å². The number of anilines is 1. The van der Waals surface area contributed by atoms with Gasteiger partial charge in [-0.3, -0.25) is 4.79 Å². The summed E-state index contributed by atoms with van der Waals surface area (Å²) in [5.74, 6) is 0.431. The number of benzene rings is 1. The fraction of sp³-hybridized carbons (Fsp3) is 0.643. The van der Waals surface area contributed by atoms with E-state index in [9.17, 15) is 4.79 Å². The Kier molecular flexibility index (Phi) is 6.15. The number of carbonyl (C=O) groups is 1. The molecule has 1 aromatic heterocycles. The zero-order valence-electron chi connectivity index (χ0n) is 20.7. The molecule has 0 spiro atoms. The molecule has 2 aromatic rings. The van der Waals surface area contributed by atoms with E-state index in [4.69, 9.17) is 4.98 Å². The van der Waals surface area contributed by atoms with Gasteiger partial charge in [0.05, 0.1) is 5.69 Å². The average Bonchev–Trinajstić information content (AvgIpc) is 3.28. The summed E-state index contributed by atoms with van der Waals surface area (Å²) in [4.78, 5) is 19.3. The predicted molar refractivity (Wildman–Crippen MR) is 138 cm³/mol. The van der Waals surface area contributed by atoms with E-state index in [1.165, 1.54) is 29.5 Å². The molecule has 1 atom stereocenters. The minimum atomic E-state index is 0.220. The van der Waals surface area contributed by atoms with Gasteiger partial charge in [-0.25, -0.2) is 4.98 Å². The van der Waals surface area contributed by atoms with Crippen LogP contribution in [0.4, 0.5) is 5.13 Å². The summed E-state index contributed by atoms with van der Waals surface area (Å²) >= 11 is 1.77. The second kappa shape index (κ2) is 8.81. The number of nitrogens with zero attached hydrogens (tertiary/aromatic N) is 2. The molecule has 5 heteroatoms. The highest BCUT2D eigenvalue weighted by molar-refractivity contribution is 7.14. The Hall–Kier alpha value is -1.72. The molecular weight excluding hydrogens is 426 g/mol. The Labute approximate surface area is 203 Å². The van der Waals surface area contributed by atoms with Crippen LogP contribution in [0.5, 0.6) is 0 Å². The Bertz CT molecular complexity index is 1020. The molecule has 1 aliphatic heterocycles. The smallest absolute Gasteiger partial charge is 0.185 e. The van der Waals surface area contributed by atoms with Gasteiger partial charge in [0.1, 0.15) is 5.78 Å². The molecule has 1 N–H and O–H groups in total. The van der Waals surface area contributed by atoms with E-state index in [0.717, 1.165) is 62.4 Å². The minimum Gasteiger partial charge on any atom is -0.348 e. The lowest BCUT2D eigenvalue weighted by Gasteiger charge is -2.42. The first-order chi connectivity index (χ1) is 15.7. The number of piperidine rings is 1. The van der Waals surface area contributed by atoms with E-state index in [1.54, 1.807) is 11.3 Å². The van der Waals surface area contributed by atoms with Crippen molar-refractivity contribution in [3.8, 4) is 11.3 Å². The van der Waals surface area contributed by atoms with Crippen LogP contribution >= 0.6 is 11.3 Å². The molecule has 2 aliphatic carbocycles. The van der Waals surface area contributed by atoms with Crippen molar-refractivity contribution in [2.45, 2.75) is 102 Å². The van der Waals surface area contributed by atoms with Crippen LogP contribution in [-0.4, -0.2) is 35.9 Å². The summed E-state index contributed by atoms with van der Waals surface area (Å²) in [5, 5.41) is 7.15. The summed E-state index contributed by atoms with van der Waals surface area (Å²) in [6.07, 6.45) is 8.44. The molecule has 2 heterocycles. The van der Waals surface area contributed by atoms with Gasteiger partial charge in [-0.05, 0) is 66.5 Å². The third-order valence-corrected chi connectivity index (χ3v) is 9.26. The lowest BCUT2D eigenvalue weighted by Crippen LogP contribution is -2.47. The van der Waals surface area contributed by atoms with Gasteiger partial charge in [0, 0.05) is 49.0 Å². The fourth-order valence-electron chi connectivity index (χ4n) is 6.03. The molecule has 1 aromatic carbocycles. The Morgan fingerprint density at radius 1 is 1.00 bits per heavy atom. The average molecular weight is 466 g/mol. The lowest BCUT2D eigenvalue weighted by atomic mass is 9.63. The van der Waals surface area contributed by atoms with Crippen molar-refractivity contribution in [2.24, 2.45) is 0 Å². The van der Waals surface area contributed by atoms with Crippen molar-refractivity contribution in [3.63, 3.8) is 0 Å². The molecule has 0 radical (unpaired) electrons. The molecular formula is C28H39N3OS. The number of hydrogen-bond donors (Lipinski definition) is 1.